The van der Waals surface area contributed by atoms with Gasteiger partial charge in [0, 0.05) is 38.3 Å². The Labute approximate surface area is 120 Å². The van der Waals surface area contributed by atoms with Gasteiger partial charge in [0.15, 0.2) is 0 Å². The third kappa shape index (κ3) is 3.42. The lowest BCUT2D eigenvalue weighted by molar-refractivity contribution is -0.138. The minimum Gasteiger partial charge on any atom is -0.480 e. The number of aliphatic carboxylic acids is 1. The van der Waals surface area contributed by atoms with E-state index in [1.54, 1.807) is 0 Å². The van der Waals surface area contributed by atoms with Gasteiger partial charge in [-0.1, -0.05) is 0 Å². The van der Waals surface area contributed by atoms with E-state index in [0.717, 1.165) is 12.8 Å². The Morgan fingerprint density at radius 2 is 1.60 bits per heavy atom. The molecule has 0 aromatic carbocycles. The van der Waals surface area contributed by atoms with Gasteiger partial charge in [-0.15, -0.1) is 0 Å². The largest absolute Gasteiger partial charge is 0.480 e. The molecular weight excluding hydrogens is 258 g/mol. The Balaban J connectivity index is 1.89. The van der Waals surface area contributed by atoms with Crippen molar-refractivity contribution < 1.29 is 14.7 Å². The van der Waals surface area contributed by atoms with E-state index >= 15 is 0 Å². The molecule has 2 fully saturated rings. The normalized spacial score (nSPS) is 28.5. The number of amides is 2. The van der Waals surface area contributed by atoms with Crippen LogP contribution in [0.4, 0.5) is 4.79 Å². The molecule has 2 saturated heterocycles. The van der Waals surface area contributed by atoms with E-state index in [2.05, 4.69) is 13.8 Å². The van der Waals surface area contributed by atoms with Gasteiger partial charge in [-0.2, -0.15) is 0 Å². The summed E-state index contributed by atoms with van der Waals surface area (Å²) in [5, 5.41) is 8.78. The lowest BCUT2D eigenvalue weighted by atomic mass is 9.98. The van der Waals surface area contributed by atoms with E-state index in [1.165, 1.54) is 6.42 Å². The molecule has 2 unspecified atom stereocenters. The number of carbonyl (C=O) groups is 2. The molecule has 0 aromatic rings. The third-order valence-electron chi connectivity index (χ3n) is 4.42. The average molecular weight is 283 g/mol. The van der Waals surface area contributed by atoms with E-state index in [0.29, 0.717) is 38.3 Å². The zero-order valence-electron chi connectivity index (χ0n) is 12.4. The minimum atomic E-state index is -0.803. The molecule has 0 bridgehead atoms. The van der Waals surface area contributed by atoms with Crippen molar-refractivity contribution in [3.63, 3.8) is 0 Å². The molecule has 0 saturated carbocycles. The van der Waals surface area contributed by atoms with Gasteiger partial charge in [0.05, 0.1) is 6.54 Å². The number of hydrogen-bond donors (Lipinski definition) is 1. The number of nitrogens with zero attached hydrogens (tertiary/aromatic N) is 3. The molecule has 2 aliphatic rings. The molecule has 6 nitrogen and oxygen atoms in total. The molecule has 0 spiro atoms. The Hall–Kier alpha value is -1.30. The summed E-state index contributed by atoms with van der Waals surface area (Å²) in [6.07, 6.45) is 3.35. The van der Waals surface area contributed by atoms with Crippen LogP contribution in [0.25, 0.3) is 0 Å². The number of likely N-dealkylation sites (tertiary alicyclic amines) is 1. The fourth-order valence-electron chi connectivity index (χ4n) is 3.25. The van der Waals surface area contributed by atoms with Gasteiger partial charge < -0.3 is 14.9 Å². The SMILES string of the molecule is CC1CCCC(C)N1C(=O)N1CCN(CC(=O)O)CC1. The molecule has 0 aromatic heterocycles. The lowest BCUT2D eigenvalue weighted by Crippen LogP contribution is -2.57. The maximum atomic E-state index is 12.6. The summed E-state index contributed by atoms with van der Waals surface area (Å²) in [6.45, 7) is 6.86. The van der Waals surface area contributed by atoms with Crippen molar-refractivity contribution in [2.75, 3.05) is 32.7 Å². The van der Waals surface area contributed by atoms with Gasteiger partial charge in [-0.05, 0) is 33.1 Å². The van der Waals surface area contributed by atoms with Crippen LogP contribution in [0.15, 0.2) is 0 Å². The van der Waals surface area contributed by atoms with Crippen LogP contribution >= 0.6 is 0 Å². The molecule has 2 atom stereocenters. The first-order valence-corrected chi connectivity index (χ1v) is 7.50. The molecule has 2 amide bonds. The van der Waals surface area contributed by atoms with Crippen LogP contribution in [0.2, 0.25) is 0 Å². The van der Waals surface area contributed by atoms with Crippen LogP contribution in [-0.2, 0) is 4.79 Å². The van der Waals surface area contributed by atoms with Gasteiger partial charge in [0.1, 0.15) is 0 Å². The number of rotatable bonds is 2. The van der Waals surface area contributed by atoms with E-state index in [-0.39, 0.29) is 12.6 Å². The third-order valence-corrected chi connectivity index (χ3v) is 4.42. The number of carboxylic acids is 1. The fourth-order valence-corrected chi connectivity index (χ4v) is 3.25. The Morgan fingerprint density at radius 1 is 1.05 bits per heavy atom. The van der Waals surface area contributed by atoms with Crippen molar-refractivity contribution in [1.29, 1.82) is 0 Å². The summed E-state index contributed by atoms with van der Waals surface area (Å²) in [7, 11) is 0. The summed E-state index contributed by atoms with van der Waals surface area (Å²) >= 11 is 0. The van der Waals surface area contributed by atoms with Gasteiger partial charge in [-0.3, -0.25) is 9.69 Å². The zero-order chi connectivity index (χ0) is 14.7. The minimum absolute atomic E-state index is 0.0680. The van der Waals surface area contributed by atoms with Crippen LogP contribution in [0.5, 0.6) is 0 Å². The maximum Gasteiger partial charge on any atom is 0.320 e. The fraction of sp³-hybridized carbons (Fsp3) is 0.857. The molecule has 2 rings (SSSR count). The molecule has 1 N–H and O–H groups in total. The summed E-state index contributed by atoms with van der Waals surface area (Å²) in [5.41, 5.74) is 0. The van der Waals surface area contributed by atoms with E-state index in [1.807, 2.05) is 14.7 Å². The first-order valence-electron chi connectivity index (χ1n) is 7.50. The quantitative estimate of drug-likeness (QED) is 0.823. The molecule has 0 radical (unpaired) electrons. The molecular formula is C14H25N3O3. The predicted octanol–water partition coefficient (Wildman–Crippen LogP) is 1.07. The smallest absolute Gasteiger partial charge is 0.320 e. The van der Waals surface area contributed by atoms with Crippen molar-refractivity contribution in [3.8, 4) is 0 Å². The van der Waals surface area contributed by atoms with Gasteiger partial charge in [-0.25, -0.2) is 4.79 Å². The Bertz CT molecular complexity index is 357. The molecule has 0 aliphatic carbocycles. The number of piperidine rings is 1. The number of carbonyl (C=O) groups excluding carboxylic acids is 1. The van der Waals surface area contributed by atoms with Crippen LogP contribution in [0.3, 0.4) is 0 Å². The van der Waals surface area contributed by atoms with Gasteiger partial charge in [0.2, 0.25) is 0 Å². The Kier molecular flexibility index (Phi) is 4.86. The highest BCUT2D eigenvalue weighted by atomic mass is 16.4. The van der Waals surface area contributed by atoms with Gasteiger partial charge >= 0.3 is 12.0 Å². The van der Waals surface area contributed by atoms with Crippen LogP contribution in [0, 0.1) is 0 Å². The average Bonchev–Trinajstić information content (AvgIpc) is 2.38. The zero-order valence-corrected chi connectivity index (χ0v) is 12.4. The second kappa shape index (κ2) is 6.43. The predicted molar refractivity (Wildman–Crippen MR) is 75.7 cm³/mol. The molecule has 2 heterocycles. The van der Waals surface area contributed by atoms with Crippen molar-refractivity contribution >= 4 is 12.0 Å². The Morgan fingerprint density at radius 3 is 2.10 bits per heavy atom. The standard InChI is InChI=1S/C14H25N3O3/c1-11-4-3-5-12(2)17(11)14(20)16-8-6-15(7-9-16)10-13(18)19/h11-12H,3-10H2,1-2H3,(H,18,19). The molecule has 114 valence electrons. The van der Waals surface area contributed by atoms with Crippen molar-refractivity contribution in [1.82, 2.24) is 14.7 Å². The number of piperazine rings is 1. The number of carboxylic acid groups (broad SMARTS) is 1. The molecule has 20 heavy (non-hydrogen) atoms. The second-order valence-corrected chi connectivity index (χ2v) is 5.98. The van der Waals surface area contributed by atoms with Crippen LogP contribution in [-0.4, -0.2) is 76.6 Å². The highest BCUT2D eigenvalue weighted by Gasteiger charge is 2.33. The maximum absolute atomic E-state index is 12.6. The summed E-state index contributed by atoms with van der Waals surface area (Å²) in [4.78, 5) is 29.1. The second-order valence-electron chi connectivity index (χ2n) is 5.98. The molecule has 2 aliphatic heterocycles. The summed E-state index contributed by atoms with van der Waals surface area (Å²) in [6, 6.07) is 0.742. The van der Waals surface area contributed by atoms with Crippen molar-refractivity contribution in [2.45, 2.75) is 45.2 Å². The van der Waals surface area contributed by atoms with Crippen molar-refractivity contribution in [2.24, 2.45) is 0 Å². The summed E-state index contributed by atoms with van der Waals surface area (Å²) in [5.74, 6) is -0.803. The number of hydrogen-bond acceptors (Lipinski definition) is 3. The van der Waals surface area contributed by atoms with Crippen molar-refractivity contribution in [3.05, 3.63) is 0 Å². The highest BCUT2D eigenvalue weighted by molar-refractivity contribution is 5.75. The molecule has 6 heteroatoms. The van der Waals surface area contributed by atoms with E-state index in [9.17, 15) is 9.59 Å². The highest BCUT2D eigenvalue weighted by Crippen LogP contribution is 2.24. The lowest BCUT2D eigenvalue weighted by Gasteiger charge is -2.43. The topological polar surface area (TPSA) is 64.1 Å². The first-order chi connectivity index (χ1) is 9.49. The van der Waals surface area contributed by atoms with E-state index < -0.39 is 5.97 Å². The number of urea groups is 1. The van der Waals surface area contributed by atoms with Crippen LogP contribution in [0.1, 0.15) is 33.1 Å². The summed E-state index contributed by atoms with van der Waals surface area (Å²) < 4.78 is 0. The van der Waals surface area contributed by atoms with Gasteiger partial charge in [0.25, 0.3) is 0 Å². The first kappa shape index (κ1) is 15.1. The van der Waals surface area contributed by atoms with Crippen LogP contribution < -0.4 is 0 Å². The monoisotopic (exact) mass is 283 g/mol. The van der Waals surface area contributed by atoms with E-state index in [4.69, 9.17) is 5.11 Å².